The van der Waals surface area contributed by atoms with Gasteiger partial charge in [-0.25, -0.2) is 9.59 Å². The number of esters is 2. The van der Waals surface area contributed by atoms with Gasteiger partial charge in [-0.15, -0.1) is 0 Å². The third kappa shape index (κ3) is 11.1. The number of carbonyl (C=O) groups is 4. The minimum absolute atomic E-state index is 0.0122. The zero-order chi connectivity index (χ0) is 23.2. The molecule has 0 bridgehead atoms. The molecule has 0 spiro atoms. The normalized spacial score (nSPS) is 12.6. The summed E-state index contributed by atoms with van der Waals surface area (Å²) in [6, 6.07) is 5.34. The lowest BCUT2D eigenvalue weighted by Gasteiger charge is -2.17. The van der Waals surface area contributed by atoms with Crippen molar-refractivity contribution in [3.05, 3.63) is 35.4 Å². The number of benzene rings is 1. The van der Waals surface area contributed by atoms with Gasteiger partial charge in [0.2, 0.25) is 0 Å². The fourth-order valence-electron chi connectivity index (χ4n) is 2.47. The second-order valence-electron chi connectivity index (χ2n) is 6.86. The Balaban J connectivity index is 2.29. The van der Waals surface area contributed by atoms with E-state index in [9.17, 15) is 24.3 Å². The van der Waals surface area contributed by atoms with E-state index in [0.29, 0.717) is 19.3 Å². The SMILES string of the molecule is CC(CCOCC(CO)OC(=O)c1cccc(C(=O)O)c1)OC(=O)CCCCC(=O)O. The predicted molar refractivity (Wildman–Crippen MR) is 107 cm³/mol. The van der Waals surface area contributed by atoms with E-state index in [-0.39, 0.29) is 37.2 Å². The summed E-state index contributed by atoms with van der Waals surface area (Å²) in [6.45, 7) is 1.31. The molecule has 10 heteroatoms. The van der Waals surface area contributed by atoms with Crippen molar-refractivity contribution in [1.82, 2.24) is 0 Å². The van der Waals surface area contributed by atoms with Crippen LogP contribution < -0.4 is 0 Å². The van der Waals surface area contributed by atoms with E-state index in [2.05, 4.69) is 0 Å². The van der Waals surface area contributed by atoms with Gasteiger partial charge in [0.25, 0.3) is 0 Å². The van der Waals surface area contributed by atoms with Crippen molar-refractivity contribution < 1.29 is 48.7 Å². The smallest absolute Gasteiger partial charge is 0.338 e. The van der Waals surface area contributed by atoms with Crippen LogP contribution >= 0.6 is 0 Å². The van der Waals surface area contributed by atoms with E-state index in [1.165, 1.54) is 24.3 Å². The Morgan fingerprint density at radius 3 is 2.32 bits per heavy atom. The van der Waals surface area contributed by atoms with Gasteiger partial charge >= 0.3 is 23.9 Å². The van der Waals surface area contributed by atoms with Gasteiger partial charge in [0, 0.05) is 19.3 Å². The van der Waals surface area contributed by atoms with Crippen molar-refractivity contribution >= 4 is 23.9 Å². The van der Waals surface area contributed by atoms with Gasteiger partial charge in [0.05, 0.1) is 30.9 Å². The van der Waals surface area contributed by atoms with E-state index in [1.54, 1.807) is 6.92 Å². The Bertz CT molecular complexity index is 745. The van der Waals surface area contributed by atoms with Crippen LogP contribution in [0.3, 0.4) is 0 Å². The van der Waals surface area contributed by atoms with Crippen LogP contribution in [0, 0.1) is 0 Å². The molecule has 2 atom stereocenters. The van der Waals surface area contributed by atoms with Crippen molar-refractivity contribution in [3.63, 3.8) is 0 Å². The topological polar surface area (TPSA) is 157 Å². The molecule has 1 rings (SSSR count). The van der Waals surface area contributed by atoms with Gasteiger partial charge in [0.1, 0.15) is 12.2 Å². The first-order chi connectivity index (χ1) is 14.7. The number of carboxylic acids is 2. The lowest BCUT2D eigenvalue weighted by molar-refractivity contribution is -0.149. The molecule has 172 valence electrons. The van der Waals surface area contributed by atoms with Crippen molar-refractivity contribution in [2.45, 2.75) is 51.2 Å². The zero-order valence-corrected chi connectivity index (χ0v) is 17.3. The first-order valence-corrected chi connectivity index (χ1v) is 9.87. The fourth-order valence-corrected chi connectivity index (χ4v) is 2.47. The summed E-state index contributed by atoms with van der Waals surface area (Å²) in [4.78, 5) is 45.2. The molecule has 0 heterocycles. The highest BCUT2D eigenvalue weighted by atomic mass is 16.6. The third-order valence-corrected chi connectivity index (χ3v) is 4.15. The maximum Gasteiger partial charge on any atom is 0.338 e. The molecular weight excluding hydrogens is 412 g/mol. The Morgan fingerprint density at radius 1 is 1.00 bits per heavy atom. The van der Waals surface area contributed by atoms with Crippen LogP contribution in [0.4, 0.5) is 0 Å². The predicted octanol–water partition coefficient (Wildman–Crippen LogP) is 1.89. The number of ether oxygens (including phenoxy) is 3. The molecule has 10 nitrogen and oxygen atoms in total. The highest BCUT2D eigenvalue weighted by Crippen LogP contribution is 2.09. The van der Waals surface area contributed by atoms with Crippen LogP contribution in [-0.4, -0.2) is 71.2 Å². The molecule has 0 fully saturated rings. The molecule has 0 saturated heterocycles. The third-order valence-electron chi connectivity index (χ3n) is 4.15. The van der Waals surface area contributed by atoms with Gasteiger partial charge in [-0.05, 0) is 38.0 Å². The van der Waals surface area contributed by atoms with Crippen LogP contribution in [0.25, 0.3) is 0 Å². The van der Waals surface area contributed by atoms with E-state index >= 15 is 0 Å². The molecule has 0 saturated carbocycles. The Hall–Kier alpha value is -2.98. The van der Waals surface area contributed by atoms with Crippen LogP contribution in [-0.2, 0) is 23.8 Å². The minimum Gasteiger partial charge on any atom is -0.481 e. The number of aliphatic hydroxyl groups is 1. The highest BCUT2D eigenvalue weighted by molar-refractivity contribution is 5.94. The average molecular weight is 440 g/mol. The van der Waals surface area contributed by atoms with Gasteiger partial charge in [0.15, 0.2) is 0 Å². The maximum atomic E-state index is 12.1. The Kier molecular flexibility index (Phi) is 11.9. The lowest BCUT2D eigenvalue weighted by atomic mass is 10.1. The Morgan fingerprint density at radius 2 is 1.68 bits per heavy atom. The minimum atomic E-state index is -1.17. The second kappa shape index (κ2) is 14.1. The van der Waals surface area contributed by atoms with E-state index < -0.39 is 42.7 Å². The first-order valence-electron chi connectivity index (χ1n) is 9.87. The molecule has 1 aromatic carbocycles. The molecule has 0 radical (unpaired) electrons. The number of aliphatic hydroxyl groups excluding tert-OH is 1. The highest BCUT2D eigenvalue weighted by Gasteiger charge is 2.17. The second-order valence-corrected chi connectivity index (χ2v) is 6.86. The molecule has 0 aliphatic rings. The number of carbonyl (C=O) groups excluding carboxylic acids is 2. The molecule has 0 aliphatic carbocycles. The summed E-state index contributed by atoms with van der Waals surface area (Å²) in [7, 11) is 0. The number of unbranched alkanes of at least 4 members (excludes halogenated alkanes) is 1. The summed E-state index contributed by atoms with van der Waals surface area (Å²) in [5.74, 6) is -3.27. The fraction of sp³-hybridized carbons (Fsp3) is 0.524. The van der Waals surface area contributed by atoms with Gasteiger partial charge in [-0.2, -0.15) is 0 Å². The monoisotopic (exact) mass is 440 g/mol. The van der Waals surface area contributed by atoms with Gasteiger partial charge in [-0.3, -0.25) is 9.59 Å². The molecular formula is C21H28O10. The molecule has 3 N–H and O–H groups in total. The van der Waals surface area contributed by atoms with E-state index in [4.69, 9.17) is 24.4 Å². The van der Waals surface area contributed by atoms with Crippen LogP contribution in [0.2, 0.25) is 0 Å². The van der Waals surface area contributed by atoms with Crippen molar-refractivity contribution in [3.8, 4) is 0 Å². The van der Waals surface area contributed by atoms with Crippen molar-refractivity contribution in [2.75, 3.05) is 19.8 Å². The maximum absolute atomic E-state index is 12.1. The summed E-state index contributed by atoms with van der Waals surface area (Å²) < 4.78 is 15.7. The average Bonchev–Trinajstić information content (AvgIpc) is 2.73. The number of carboxylic acid groups (broad SMARTS) is 2. The summed E-state index contributed by atoms with van der Waals surface area (Å²) in [5.41, 5.74) is -0.0149. The summed E-state index contributed by atoms with van der Waals surface area (Å²) >= 11 is 0. The molecule has 2 unspecified atom stereocenters. The quantitative estimate of drug-likeness (QED) is 0.272. The largest absolute Gasteiger partial charge is 0.481 e. The number of hydrogen-bond acceptors (Lipinski definition) is 8. The number of aromatic carboxylic acids is 1. The number of aliphatic carboxylic acids is 1. The molecule has 1 aromatic rings. The zero-order valence-electron chi connectivity index (χ0n) is 17.3. The molecule has 0 aliphatic heterocycles. The number of rotatable bonds is 15. The lowest BCUT2D eigenvalue weighted by Crippen LogP contribution is -2.28. The summed E-state index contributed by atoms with van der Waals surface area (Å²) in [5, 5.41) is 26.9. The van der Waals surface area contributed by atoms with Crippen LogP contribution in [0.15, 0.2) is 24.3 Å². The van der Waals surface area contributed by atoms with Crippen molar-refractivity contribution in [2.24, 2.45) is 0 Å². The standard InChI is InChI=1S/C21H28O10/c1-14(30-19(25)8-3-2-7-18(23)24)9-10-29-13-17(12-22)31-21(28)16-6-4-5-15(11-16)20(26)27/h4-6,11,14,17,22H,2-3,7-10,12-13H2,1H3,(H,23,24)(H,26,27). The molecule has 0 aromatic heterocycles. The van der Waals surface area contributed by atoms with E-state index in [0.717, 1.165) is 0 Å². The van der Waals surface area contributed by atoms with E-state index in [1.807, 2.05) is 0 Å². The van der Waals surface area contributed by atoms with Crippen LogP contribution in [0.5, 0.6) is 0 Å². The number of hydrogen-bond donors (Lipinski definition) is 3. The Labute approximate surface area is 179 Å². The first kappa shape index (κ1) is 26.1. The summed E-state index contributed by atoms with van der Waals surface area (Å²) in [6.07, 6.45) is 0.0292. The molecule has 0 amide bonds. The van der Waals surface area contributed by atoms with Crippen LogP contribution in [0.1, 0.15) is 59.7 Å². The van der Waals surface area contributed by atoms with Gasteiger partial charge < -0.3 is 29.5 Å². The van der Waals surface area contributed by atoms with Gasteiger partial charge in [-0.1, -0.05) is 6.07 Å². The van der Waals surface area contributed by atoms with Crippen molar-refractivity contribution in [1.29, 1.82) is 0 Å². The molecule has 31 heavy (non-hydrogen) atoms.